The Kier molecular flexibility index (Phi) is 4.34. The van der Waals surface area contributed by atoms with Crippen molar-refractivity contribution in [2.45, 2.75) is 19.1 Å². The Labute approximate surface area is 96.6 Å². The highest BCUT2D eigenvalue weighted by molar-refractivity contribution is 5.31. The molecule has 1 unspecified atom stereocenters. The Morgan fingerprint density at radius 3 is 2.53 bits per heavy atom. The van der Waals surface area contributed by atoms with Crippen LogP contribution in [-0.2, 0) is 0 Å². The Hall–Kier alpha value is -1.30. The third-order valence-corrected chi connectivity index (χ3v) is 2.28. The van der Waals surface area contributed by atoms with Crippen LogP contribution in [0.2, 0.25) is 0 Å². The maximum absolute atomic E-state index is 13.1. The van der Waals surface area contributed by atoms with Gasteiger partial charge in [0.15, 0.2) is 11.6 Å². The van der Waals surface area contributed by atoms with Crippen molar-refractivity contribution in [1.29, 1.82) is 0 Å². The van der Waals surface area contributed by atoms with Crippen molar-refractivity contribution in [3.05, 3.63) is 29.6 Å². The van der Waals surface area contributed by atoms with Gasteiger partial charge in [0, 0.05) is 6.04 Å². The number of nitrogens with one attached hydrogen (secondary N) is 1. The molecule has 0 aromatic heterocycles. The number of halogens is 4. The molecule has 0 fully saturated rings. The standard InChI is InChI=1S/C11H13F4NO/c1-7(16-6-11(13,14)15)8-3-4-9(12)10(5-8)17-2/h3-5,7,16H,6H2,1-2H3. The zero-order valence-electron chi connectivity index (χ0n) is 9.44. The predicted octanol–water partition coefficient (Wildman–Crippen LogP) is 3.05. The largest absolute Gasteiger partial charge is 0.494 e. The smallest absolute Gasteiger partial charge is 0.401 e. The fourth-order valence-electron chi connectivity index (χ4n) is 1.33. The maximum Gasteiger partial charge on any atom is 0.401 e. The minimum Gasteiger partial charge on any atom is -0.494 e. The first-order chi connectivity index (χ1) is 7.83. The molecule has 17 heavy (non-hydrogen) atoms. The lowest BCUT2D eigenvalue weighted by Gasteiger charge is -2.16. The second-order valence-electron chi connectivity index (χ2n) is 3.61. The van der Waals surface area contributed by atoms with Gasteiger partial charge in [0.05, 0.1) is 13.7 Å². The van der Waals surface area contributed by atoms with Gasteiger partial charge in [-0.15, -0.1) is 0 Å². The zero-order chi connectivity index (χ0) is 13.1. The van der Waals surface area contributed by atoms with Crippen molar-refractivity contribution < 1.29 is 22.3 Å². The molecule has 0 aliphatic rings. The number of methoxy groups -OCH3 is 1. The molecule has 0 radical (unpaired) electrons. The Morgan fingerprint density at radius 1 is 1.35 bits per heavy atom. The highest BCUT2D eigenvalue weighted by Crippen LogP contribution is 2.23. The first kappa shape index (κ1) is 13.8. The average molecular weight is 251 g/mol. The average Bonchev–Trinajstić information content (AvgIpc) is 2.25. The number of hydrogen-bond donors (Lipinski definition) is 1. The van der Waals surface area contributed by atoms with Gasteiger partial charge in [-0.3, -0.25) is 0 Å². The summed E-state index contributed by atoms with van der Waals surface area (Å²) in [7, 11) is 1.30. The van der Waals surface area contributed by atoms with Crippen LogP contribution in [0.3, 0.4) is 0 Å². The van der Waals surface area contributed by atoms with E-state index >= 15 is 0 Å². The Balaban J connectivity index is 2.72. The summed E-state index contributed by atoms with van der Waals surface area (Å²) in [6.07, 6.45) is -4.27. The highest BCUT2D eigenvalue weighted by Gasteiger charge is 2.27. The second kappa shape index (κ2) is 5.35. The van der Waals surface area contributed by atoms with Crippen LogP contribution in [0.4, 0.5) is 17.6 Å². The lowest BCUT2D eigenvalue weighted by atomic mass is 10.1. The van der Waals surface area contributed by atoms with Gasteiger partial charge >= 0.3 is 6.18 Å². The van der Waals surface area contributed by atoms with Crippen LogP contribution in [0, 0.1) is 5.82 Å². The molecule has 1 aromatic rings. The first-order valence-corrected chi connectivity index (χ1v) is 4.97. The number of rotatable bonds is 4. The maximum atomic E-state index is 13.1. The van der Waals surface area contributed by atoms with E-state index in [2.05, 4.69) is 5.32 Å². The summed E-state index contributed by atoms with van der Waals surface area (Å²) in [6.45, 7) is 0.478. The molecule has 1 rings (SSSR count). The Morgan fingerprint density at radius 2 is 2.00 bits per heavy atom. The van der Waals surface area contributed by atoms with E-state index in [4.69, 9.17) is 4.74 Å². The van der Waals surface area contributed by atoms with Crippen LogP contribution in [-0.4, -0.2) is 19.8 Å². The van der Waals surface area contributed by atoms with Crippen molar-refractivity contribution in [3.63, 3.8) is 0 Å². The monoisotopic (exact) mass is 251 g/mol. The van der Waals surface area contributed by atoms with E-state index in [0.29, 0.717) is 5.56 Å². The first-order valence-electron chi connectivity index (χ1n) is 4.97. The summed E-state index contributed by atoms with van der Waals surface area (Å²) in [5.41, 5.74) is 0.535. The number of hydrogen-bond acceptors (Lipinski definition) is 2. The van der Waals surface area contributed by atoms with E-state index in [-0.39, 0.29) is 5.75 Å². The van der Waals surface area contributed by atoms with Crippen molar-refractivity contribution >= 4 is 0 Å². The SMILES string of the molecule is COc1cc(C(C)NCC(F)(F)F)ccc1F. The zero-order valence-corrected chi connectivity index (χ0v) is 9.44. The van der Waals surface area contributed by atoms with Gasteiger partial charge in [-0.2, -0.15) is 13.2 Å². The Bertz CT molecular complexity index is 378. The van der Waals surface area contributed by atoms with Gasteiger partial charge in [-0.05, 0) is 24.6 Å². The van der Waals surface area contributed by atoms with Gasteiger partial charge in [0.25, 0.3) is 0 Å². The molecule has 0 spiro atoms. The predicted molar refractivity (Wildman–Crippen MR) is 55.4 cm³/mol. The van der Waals surface area contributed by atoms with Gasteiger partial charge in [0.1, 0.15) is 0 Å². The number of benzene rings is 1. The molecule has 1 atom stereocenters. The molecule has 1 N–H and O–H groups in total. The molecule has 0 saturated heterocycles. The molecule has 0 saturated carbocycles. The van der Waals surface area contributed by atoms with Crippen molar-refractivity contribution in [2.24, 2.45) is 0 Å². The second-order valence-corrected chi connectivity index (χ2v) is 3.61. The lowest BCUT2D eigenvalue weighted by Crippen LogP contribution is -2.30. The fraction of sp³-hybridized carbons (Fsp3) is 0.455. The molecule has 6 heteroatoms. The van der Waals surface area contributed by atoms with Crippen LogP contribution in [0.5, 0.6) is 5.75 Å². The van der Waals surface area contributed by atoms with E-state index in [9.17, 15) is 17.6 Å². The third-order valence-electron chi connectivity index (χ3n) is 2.28. The molecule has 0 amide bonds. The summed E-state index contributed by atoms with van der Waals surface area (Å²) in [5, 5.41) is 2.31. The summed E-state index contributed by atoms with van der Waals surface area (Å²) in [5.74, 6) is -0.526. The minimum atomic E-state index is -4.27. The van der Waals surface area contributed by atoms with Crippen LogP contribution in [0.1, 0.15) is 18.5 Å². The van der Waals surface area contributed by atoms with Crippen LogP contribution < -0.4 is 10.1 Å². The third kappa shape index (κ3) is 4.22. The molecular formula is C11H13F4NO. The molecular weight excluding hydrogens is 238 g/mol. The fourth-order valence-corrected chi connectivity index (χ4v) is 1.33. The van der Waals surface area contributed by atoms with E-state index < -0.39 is 24.6 Å². The molecule has 96 valence electrons. The number of alkyl halides is 3. The van der Waals surface area contributed by atoms with Crippen molar-refractivity contribution in [2.75, 3.05) is 13.7 Å². The topological polar surface area (TPSA) is 21.3 Å². The quantitative estimate of drug-likeness (QED) is 0.830. The van der Waals surface area contributed by atoms with Gasteiger partial charge in [-0.25, -0.2) is 4.39 Å². The summed E-state index contributed by atoms with van der Waals surface area (Å²) in [4.78, 5) is 0. The molecule has 0 aliphatic carbocycles. The number of ether oxygens (including phenoxy) is 1. The van der Waals surface area contributed by atoms with Crippen LogP contribution >= 0.6 is 0 Å². The van der Waals surface area contributed by atoms with Crippen LogP contribution in [0.25, 0.3) is 0 Å². The lowest BCUT2D eigenvalue weighted by molar-refractivity contribution is -0.126. The van der Waals surface area contributed by atoms with Gasteiger partial charge in [-0.1, -0.05) is 6.07 Å². The van der Waals surface area contributed by atoms with Crippen LogP contribution in [0.15, 0.2) is 18.2 Å². The minimum absolute atomic E-state index is 0.0168. The van der Waals surface area contributed by atoms with E-state index in [1.165, 1.54) is 25.3 Å². The van der Waals surface area contributed by atoms with Gasteiger partial charge < -0.3 is 10.1 Å². The highest BCUT2D eigenvalue weighted by atomic mass is 19.4. The van der Waals surface area contributed by atoms with Crippen molar-refractivity contribution in [1.82, 2.24) is 5.32 Å². The summed E-state index contributed by atoms with van der Waals surface area (Å²) < 4.78 is 53.8. The van der Waals surface area contributed by atoms with E-state index in [1.54, 1.807) is 6.92 Å². The molecule has 1 aromatic carbocycles. The van der Waals surface area contributed by atoms with E-state index in [1.807, 2.05) is 0 Å². The van der Waals surface area contributed by atoms with Crippen molar-refractivity contribution in [3.8, 4) is 5.75 Å². The molecule has 2 nitrogen and oxygen atoms in total. The molecule has 0 heterocycles. The normalized spacial score (nSPS) is 13.5. The summed E-state index contributed by atoms with van der Waals surface area (Å²) in [6, 6.07) is 3.43. The van der Waals surface area contributed by atoms with Gasteiger partial charge in [0.2, 0.25) is 0 Å². The molecule has 0 bridgehead atoms. The van der Waals surface area contributed by atoms with E-state index in [0.717, 1.165) is 0 Å². The molecule has 0 aliphatic heterocycles. The summed E-state index contributed by atoms with van der Waals surface area (Å²) >= 11 is 0.